The highest BCUT2D eigenvalue weighted by Gasteiger charge is 2.33. The molecule has 0 aromatic carbocycles. The minimum atomic E-state index is -3.65. The first-order valence-corrected chi connectivity index (χ1v) is 10.5. The molecule has 7 nitrogen and oxygen atoms in total. The molecule has 2 saturated heterocycles. The van der Waals surface area contributed by atoms with Crippen molar-refractivity contribution in [3.05, 3.63) is 16.3 Å². The second-order valence-electron chi connectivity index (χ2n) is 6.01. The number of likely N-dealkylation sites (tertiary alicyclic amines) is 1. The number of ether oxygens (including phenoxy) is 1. The highest BCUT2D eigenvalue weighted by Crippen LogP contribution is 2.28. The van der Waals surface area contributed by atoms with Gasteiger partial charge in [-0.3, -0.25) is 4.79 Å². The average molecular weight is 410 g/mol. The second kappa shape index (κ2) is 8.79. The van der Waals surface area contributed by atoms with Crippen LogP contribution in [0.4, 0.5) is 0 Å². The van der Waals surface area contributed by atoms with Crippen LogP contribution in [-0.2, 0) is 14.8 Å². The van der Waals surface area contributed by atoms with Crippen LogP contribution in [0.3, 0.4) is 0 Å². The summed E-state index contributed by atoms with van der Waals surface area (Å²) in [5.74, 6) is -0.184. The van der Waals surface area contributed by atoms with Crippen LogP contribution in [0.25, 0.3) is 0 Å². The molecule has 1 N–H and O–H groups in total. The van der Waals surface area contributed by atoms with Crippen LogP contribution in [0.2, 0.25) is 0 Å². The van der Waals surface area contributed by atoms with Crippen LogP contribution < -0.4 is 5.32 Å². The maximum Gasteiger partial charge on any atom is 0.265 e. The summed E-state index contributed by atoms with van der Waals surface area (Å²) in [6.45, 7) is 2.73. The Morgan fingerprint density at radius 1 is 1.32 bits per heavy atom. The molecule has 0 saturated carbocycles. The number of thiophene rings is 1. The van der Waals surface area contributed by atoms with Crippen LogP contribution in [0.15, 0.2) is 16.3 Å². The minimum absolute atomic E-state index is 0. The number of carbonyl (C=O) groups excluding carboxylic acids is 1. The number of nitrogens with zero attached hydrogens (tertiary/aromatic N) is 2. The van der Waals surface area contributed by atoms with E-state index in [1.165, 1.54) is 15.6 Å². The number of hydrogen-bond acceptors (Lipinski definition) is 6. The molecule has 1 aromatic rings. The van der Waals surface area contributed by atoms with E-state index < -0.39 is 10.0 Å². The molecule has 1 atom stereocenters. The molecule has 1 unspecified atom stereocenters. The van der Waals surface area contributed by atoms with Gasteiger partial charge >= 0.3 is 0 Å². The first kappa shape index (κ1) is 20.6. The quantitative estimate of drug-likeness (QED) is 0.803. The van der Waals surface area contributed by atoms with Gasteiger partial charge < -0.3 is 15.0 Å². The summed E-state index contributed by atoms with van der Waals surface area (Å²) in [7, 11) is -1.76. The number of rotatable bonds is 4. The van der Waals surface area contributed by atoms with Crippen molar-refractivity contribution < 1.29 is 17.9 Å². The molecule has 10 heteroatoms. The van der Waals surface area contributed by atoms with E-state index >= 15 is 0 Å². The van der Waals surface area contributed by atoms with E-state index in [-0.39, 0.29) is 29.3 Å². The molecule has 0 spiro atoms. The summed E-state index contributed by atoms with van der Waals surface area (Å²) in [4.78, 5) is 15.1. The third-order valence-electron chi connectivity index (χ3n) is 4.53. The van der Waals surface area contributed by atoms with Gasteiger partial charge in [-0.2, -0.15) is 4.31 Å². The van der Waals surface area contributed by atoms with Crippen molar-refractivity contribution in [1.29, 1.82) is 0 Å². The van der Waals surface area contributed by atoms with Gasteiger partial charge in [-0.15, -0.1) is 23.7 Å². The van der Waals surface area contributed by atoms with Gasteiger partial charge in [-0.1, -0.05) is 0 Å². The van der Waals surface area contributed by atoms with Gasteiger partial charge in [0, 0.05) is 32.2 Å². The van der Waals surface area contributed by atoms with E-state index in [2.05, 4.69) is 5.32 Å². The minimum Gasteiger partial charge on any atom is -0.379 e. The lowest BCUT2D eigenvalue weighted by Crippen LogP contribution is -2.47. The van der Waals surface area contributed by atoms with E-state index in [1.54, 1.807) is 16.3 Å². The Balaban J connectivity index is 0.00000225. The molecule has 2 aliphatic rings. The van der Waals surface area contributed by atoms with Crippen molar-refractivity contribution in [2.75, 3.05) is 46.4 Å². The topological polar surface area (TPSA) is 79.0 Å². The Labute approximate surface area is 158 Å². The predicted octanol–water partition coefficient (Wildman–Crippen LogP) is 1.01. The highest BCUT2D eigenvalue weighted by molar-refractivity contribution is 7.89. The predicted molar refractivity (Wildman–Crippen MR) is 99.1 cm³/mol. The number of likely N-dealkylation sites (N-methyl/N-ethyl adjacent to an activating group) is 1. The van der Waals surface area contributed by atoms with Gasteiger partial charge in [0.2, 0.25) is 10.0 Å². The Kier molecular flexibility index (Phi) is 7.24. The highest BCUT2D eigenvalue weighted by atomic mass is 35.5. The zero-order valence-electron chi connectivity index (χ0n) is 14.1. The van der Waals surface area contributed by atoms with Crippen molar-refractivity contribution in [2.24, 2.45) is 0 Å². The number of morpholine rings is 1. The van der Waals surface area contributed by atoms with E-state index in [9.17, 15) is 13.2 Å². The smallest absolute Gasteiger partial charge is 0.265 e. The number of hydrogen-bond donors (Lipinski definition) is 1. The summed E-state index contributed by atoms with van der Waals surface area (Å²) in [6.07, 6.45) is 1.96. The zero-order chi connectivity index (χ0) is 17.2. The Hall–Kier alpha value is -0.710. The first-order valence-electron chi connectivity index (χ1n) is 8.16. The van der Waals surface area contributed by atoms with E-state index in [4.69, 9.17) is 4.74 Å². The normalized spacial score (nSPS) is 22.4. The summed E-state index contributed by atoms with van der Waals surface area (Å²) >= 11 is 1.20. The van der Waals surface area contributed by atoms with Crippen LogP contribution in [0.5, 0.6) is 0 Å². The van der Waals surface area contributed by atoms with E-state index in [0.717, 1.165) is 12.8 Å². The maximum atomic E-state index is 12.9. The summed E-state index contributed by atoms with van der Waals surface area (Å²) < 4.78 is 32.4. The summed E-state index contributed by atoms with van der Waals surface area (Å²) in [5.41, 5.74) is 0. The Bertz CT molecular complexity index is 689. The molecule has 3 heterocycles. The Morgan fingerprint density at radius 3 is 2.72 bits per heavy atom. The van der Waals surface area contributed by atoms with Crippen LogP contribution in [-0.4, -0.2) is 76.0 Å². The lowest BCUT2D eigenvalue weighted by molar-refractivity contribution is 0.0695. The van der Waals surface area contributed by atoms with Crippen molar-refractivity contribution in [3.8, 4) is 0 Å². The van der Waals surface area contributed by atoms with Crippen molar-refractivity contribution in [3.63, 3.8) is 0 Å². The molecule has 1 aromatic heterocycles. The third kappa shape index (κ3) is 4.35. The van der Waals surface area contributed by atoms with Gasteiger partial charge in [-0.25, -0.2) is 8.42 Å². The number of halogens is 1. The van der Waals surface area contributed by atoms with Crippen molar-refractivity contribution in [1.82, 2.24) is 14.5 Å². The molecule has 3 rings (SSSR count). The molecule has 25 heavy (non-hydrogen) atoms. The molecule has 2 aliphatic heterocycles. The second-order valence-corrected chi connectivity index (χ2v) is 8.83. The monoisotopic (exact) mass is 409 g/mol. The van der Waals surface area contributed by atoms with E-state index in [0.29, 0.717) is 44.3 Å². The van der Waals surface area contributed by atoms with E-state index in [1.807, 2.05) is 7.05 Å². The fourth-order valence-corrected chi connectivity index (χ4v) is 5.89. The number of amides is 1. The number of nitrogens with one attached hydrogen (secondary N) is 1. The number of sulfonamides is 1. The first-order chi connectivity index (χ1) is 11.5. The SMILES string of the molecule is CNC1CCCN(C(=O)c2sccc2S(=O)(=O)N2CCOCC2)C1.Cl. The third-order valence-corrected chi connectivity index (χ3v) is 7.50. The number of piperidine rings is 1. The van der Waals surface area contributed by atoms with Gasteiger partial charge in [-0.05, 0) is 31.3 Å². The van der Waals surface area contributed by atoms with Gasteiger partial charge in [0.25, 0.3) is 5.91 Å². The number of carbonyl (C=O) groups is 1. The van der Waals surface area contributed by atoms with Crippen LogP contribution in [0.1, 0.15) is 22.5 Å². The fraction of sp³-hybridized carbons (Fsp3) is 0.667. The molecule has 142 valence electrons. The molecule has 2 fully saturated rings. The molecule has 0 aliphatic carbocycles. The lowest BCUT2D eigenvalue weighted by Gasteiger charge is -2.32. The average Bonchev–Trinajstić information content (AvgIpc) is 3.12. The van der Waals surface area contributed by atoms with Gasteiger partial charge in [0.15, 0.2) is 0 Å². The largest absolute Gasteiger partial charge is 0.379 e. The fourth-order valence-electron chi connectivity index (χ4n) is 3.12. The zero-order valence-corrected chi connectivity index (χ0v) is 16.6. The lowest BCUT2D eigenvalue weighted by atomic mass is 10.1. The molecule has 0 bridgehead atoms. The molecule has 0 radical (unpaired) electrons. The van der Waals surface area contributed by atoms with Crippen LogP contribution in [0, 0.1) is 0 Å². The van der Waals surface area contributed by atoms with Crippen molar-refractivity contribution in [2.45, 2.75) is 23.8 Å². The summed E-state index contributed by atoms with van der Waals surface area (Å²) in [5, 5.41) is 4.88. The van der Waals surface area contributed by atoms with Gasteiger partial charge in [0.05, 0.1) is 13.2 Å². The van der Waals surface area contributed by atoms with Crippen molar-refractivity contribution >= 4 is 39.7 Å². The molecular formula is C15H24ClN3O4S2. The maximum absolute atomic E-state index is 12.9. The van der Waals surface area contributed by atoms with Crippen LogP contribution >= 0.6 is 23.7 Å². The molecule has 1 amide bonds. The Morgan fingerprint density at radius 2 is 2.04 bits per heavy atom. The summed E-state index contributed by atoms with van der Waals surface area (Å²) in [6, 6.07) is 1.81. The molecular weight excluding hydrogens is 386 g/mol. The standard InChI is InChI=1S/C15H23N3O4S2.ClH/c1-16-12-3-2-5-17(11-12)15(19)14-13(4-10-23-14)24(20,21)18-6-8-22-9-7-18;/h4,10,12,16H,2-3,5-9,11H2,1H3;1H. The van der Waals surface area contributed by atoms with Gasteiger partial charge in [0.1, 0.15) is 9.77 Å².